The molecule has 0 radical (unpaired) electrons. The number of rotatable bonds is 4. The molecule has 4 aliphatic carbocycles. The summed E-state index contributed by atoms with van der Waals surface area (Å²) >= 11 is 0. The molecule has 2 atom stereocenters. The van der Waals surface area contributed by atoms with Gasteiger partial charge >= 0.3 is 21.3 Å². The van der Waals surface area contributed by atoms with Crippen LogP contribution in [0.2, 0.25) is 0 Å². The van der Waals surface area contributed by atoms with E-state index in [1.54, 1.807) is 0 Å². The van der Waals surface area contributed by atoms with Gasteiger partial charge in [-0.25, -0.2) is 0 Å². The molecule has 0 saturated heterocycles. The molecule has 1 N–H and O–H groups in total. The Morgan fingerprint density at radius 3 is 2.32 bits per heavy atom. The molecule has 4 fully saturated rings. The van der Waals surface area contributed by atoms with E-state index in [4.69, 9.17) is 4.55 Å². The van der Waals surface area contributed by atoms with E-state index in [0.29, 0.717) is 6.42 Å². The van der Waals surface area contributed by atoms with E-state index < -0.39 is 33.4 Å². The molecular formula is C13H16F2O6S. The second-order valence-corrected chi connectivity index (χ2v) is 8.26. The first-order chi connectivity index (χ1) is 10.0. The molecule has 4 rings (SSSR count). The first-order valence-corrected chi connectivity index (χ1v) is 8.54. The Labute approximate surface area is 125 Å². The fraction of sp³-hybridized carbons (Fsp3) is 0.846. The molecule has 2 unspecified atom stereocenters. The lowest BCUT2D eigenvalue weighted by atomic mass is 9.49. The van der Waals surface area contributed by atoms with Crippen molar-refractivity contribution in [2.75, 3.05) is 6.61 Å². The summed E-state index contributed by atoms with van der Waals surface area (Å²) in [7, 11) is -5.63. The number of carbonyl (C=O) groups excluding carboxylic acids is 2. The minimum Gasteiger partial charge on any atom is -0.458 e. The molecular weight excluding hydrogens is 322 g/mol. The minimum atomic E-state index is -5.63. The third-order valence-electron chi connectivity index (χ3n) is 5.18. The number of alkyl halides is 2. The molecule has 0 heterocycles. The molecule has 22 heavy (non-hydrogen) atoms. The monoisotopic (exact) mass is 338 g/mol. The Bertz CT molecular complexity index is 610. The van der Waals surface area contributed by atoms with Gasteiger partial charge < -0.3 is 4.74 Å². The molecule has 0 spiro atoms. The van der Waals surface area contributed by atoms with Crippen molar-refractivity contribution in [2.45, 2.75) is 37.4 Å². The lowest BCUT2D eigenvalue weighted by molar-refractivity contribution is -0.179. The van der Waals surface area contributed by atoms with Crippen LogP contribution in [0, 0.1) is 23.2 Å². The maximum atomic E-state index is 13.2. The predicted molar refractivity (Wildman–Crippen MR) is 68.4 cm³/mol. The van der Waals surface area contributed by atoms with Gasteiger partial charge in [0.1, 0.15) is 5.78 Å². The number of carbonyl (C=O) groups is 2. The lowest BCUT2D eigenvalue weighted by Gasteiger charge is -2.53. The van der Waals surface area contributed by atoms with Crippen molar-refractivity contribution in [1.29, 1.82) is 0 Å². The number of Topliss-reactive ketones (excluding diaryl/α,β-unsaturated/α-hetero) is 1. The molecule has 0 aromatic rings. The number of ketones is 1. The Morgan fingerprint density at radius 2 is 1.82 bits per heavy atom. The van der Waals surface area contributed by atoms with Crippen LogP contribution in [0.5, 0.6) is 0 Å². The first kappa shape index (κ1) is 15.8. The summed E-state index contributed by atoms with van der Waals surface area (Å²) in [6, 6.07) is 0. The van der Waals surface area contributed by atoms with Crippen LogP contribution in [-0.4, -0.2) is 36.6 Å². The Morgan fingerprint density at radius 1 is 1.27 bits per heavy atom. The van der Waals surface area contributed by atoms with Crippen LogP contribution >= 0.6 is 0 Å². The summed E-state index contributed by atoms with van der Waals surface area (Å²) in [5.74, 6) is -0.975. The summed E-state index contributed by atoms with van der Waals surface area (Å²) in [6.07, 6.45) is 2.52. The summed E-state index contributed by atoms with van der Waals surface area (Å²) in [6.45, 7) is -1.71. The van der Waals surface area contributed by atoms with E-state index in [2.05, 4.69) is 4.74 Å². The van der Waals surface area contributed by atoms with Gasteiger partial charge in [-0.2, -0.15) is 17.2 Å². The molecule has 9 heteroatoms. The van der Waals surface area contributed by atoms with E-state index in [1.807, 2.05) is 0 Å². The molecule has 4 aliphatic rings. The fourth-order valence-electron chi connectivity index (χ4n) is 4.37. The van der Waals surface area contributed by atoms with Crippen LogP contribution in [0.3, 0.4) is 0 Å². The maximum absolute atomic E-state index is 13.2. The number of halogens is 2. The predicted octanol–water partition coefficient (Wildman–Crippen LogP) is 1.41. The highest BCUT2D eigenvalue weighted by molar-refractivity contribution is 7.86. The van der Waals surface area contributed by atoms with Gasteiger partial charge in [0.15, 0.2) is 6.61 Å². The Kier molecular flexibility index (Phi) is 3.38. The highest BCUT2D eigenvalue weighted by atomic mass is 32.2. The summed E-state index contributed by atoms with van der Waals surface area (Å²) in [5, 5.41) is -4.53. The van der Waals surface area contributed by atoms with Crippen molar-refractivity contribution in [2.24, 2.45) is 23.2 Å². The van der Waals surface area contributed by atoms with Crippen LogP contribution in [0.4, 0.5) is 8.78 Å². The van der Waals surface area contributed by atoms with Crippen LogP contribution in [-0.2, 0) is 24.4 Å². The van der Waals surface area contributed by atoms with E-state index in [9.17, 15) is 26.8 Å². The van der Waals surface area contributed by atoms with Gasteiger partial charge in [-0.3, -0.25) is 14.1 Å². The van der Waals surface area contributed by atoms with Gasteiger partial charge in [0.05, 0.1) is 5.41 Å². The standard InChI is InChI=1S/C13H16F2O6S/c14-13(15,22(18,19)20)6-21-11(17)12-3-7-1-8(4-12)10(16)9(2-7)5-12/h7-9H,1-6H2,(H,18,19,20). The third kappa shape index (κ3) is 2.34. The average molecular weight is 338 g/mol. The quantitative estimate of drug-likeness (QED) is 0.615. The molecule has 0 aliphatic heterocycles. The van der Waals surface area contributed by atoms with Crippen LogP contribution in [0.25, 0.3) is 0 Å². The van der Waals surface area contributed by atoms with Gasteiger partial charge in [-0.1, -0.05) is 0 Å². The Hall–Kier alpha value is -1.09. The molecule has 6 nitrogen and oxygen atoms in total. The van der Waals surface area contributed by atoms with Gasteiger partial charge in [0.25, 0.3) is 0 Å². The fourth-order valence-corrected chi connectivity index (χ4v) is 4.58. The second-order valence-electron chi connectivity index (χ2n) is 6.71. The molecule has 0 aromatic heterocycles. The van der Waals surface area contributed by atoms with E-state index in [1.165, 1.54) is 0 Å². The molecule has 4 saturated carbocycles. The van der Waals surface area contributed by atoms with E-state index in [-0.39, 0.29) is 36.4 Å². The summed E-state index contributed by atoms with van der Waals surface area (Å²) in [5.41, 5.74) is -0.959. The van der Waals surface area contributed by atoms with Crippen LogP contribution in [0.15, 0.2) is 0 Å². The largest absolute Gasteiger partial charge is 0.458 e. The minimum absolute atomic E-state index is 0.141. The van der Waals surface area contributed by atoms with Crippen LogP contribution < -0.4 is 0 Å². The smallest absolute Gasteiger partial charge is 0.402 e. The normalized spacial score (nSPS) is 37.4. The third-order valence-corrected chi connectivity index (χ3v) is 6.05. The van der Waals surface area contributed by atoms with Crippen molar-refractivity contribution in [1.82, 2.24) is 0 Å². The SMILES string of the molecule is O=C1C2CC3CC1CC(C(=O)OCC(F)(F)S(=O)(=O)O)(C3)C2. The van der Waals surface area contributed by atoms with Crippen molar-refractivity contribution >= 4 is 21.9 Å². The van der Waals surface area contributed by atoms with Crippen molar-refractivity contribution in [3.63, 3.8) is 0 Å². The summed E-state index contributed by atoms with van der Waals surface area (Å²) in [4.78, 5) is 24.2. The van der Waals surface area contributed by atoms with E-state index in [0.717, 1.165) is 12.8 Å². The molecule has 4 bridgehead atoms. The molecule has 0 amide bonds. The number of esters is 1. The Balaban J connectivity index is 1.72. The zero-order valence-corrected chi connectivity index (χ0v) is 12.4. The zero-order valence-electron chi connectivity index (χ0n) is 11.6. The topological polar surface area (TPSA) is 97.7 Å². The first-order valence-electron chi connectivity index (χ1n) is 7.10. The number of ether oxygens (including phenoxy) is 1. The maximum Gasteiger partial charge on any atom is 0.402 e. The number of hydrogen-bond acceptors (Lipinski definition) is 5. The molecule has 124 valence electrons. The van der Waals surface area contributed by atoms with Gasteiger partial charge in [0.2, 0.25) is 0 Å². The second kappa shape index (κ2) is 4.70. The lowest BCUT2D eigenvalue weighted by Crippen LogP contribution is -2.55. The highest BCUT2D eigenvalue weighted by Crippen LogP contribution is 2.59. The van der Waals surface area contributed by atoms with Crippen molar-refractivity contribution < 1.29 is 36.1 Å². The number of hydrogen-bond donors (Lipinski definition) is 1. The van der Waals surface area contributed by atoms with Gasteiger partial charge in [0, 0.05) is 11.8 Å². The van der Waals surface area contributed by atoms with E-state index >= 15 is 0 Å². The van der Waals surface area contributed by atoms with Crippen LogP contribution in [0.1, 0.15) is 32.1 Å². The van der Waals surface area contributed by atoms with Crippen molar-refractivity contribution in [3.8, 4) is 0 Å². The average Bonchev–Trinajstić information content (AvgIpc) is 2.39. The molecule has 0 aromatic carbocycles. The summed E-state index contributed by atoms with van der Waals surface area (Å²) < 4.78 is 60.3. The van der Waals surface area contributed by atoms with Gasteiger partial charge in [-0.15, -0.1) is 0 Å². The zero-order chi connectivity index (χ0) is 16.3. The highest BCUT2D eigenvalue weighted by Gasteiger charge is 2.59. The van der Waals surface area contributed by atoms with Gasteiger partial charge in [-0.05, 0) is 38.0 Å². The van der Waals surface area contributed by atoms with Crippen molar-refractivity contribution in [3.05, 3.63) is 0 Å².